The van der Waals surface area contributed by atoms with Crippen LogP contribution in [0.15, 0.2) is 180 Å². The van der Waals surface area contributed by atoms with Crippen LogP contribution in [-0.4, -0.2) is 0 Å². The molecule has 1 aliphatic rings. The van der Waals surface area contributed by atoms with Gasteiger partial charge in [0.05, 0.1) is 5.69 Å². The SMILES string of the molecule is CC1(C)c2ccccc2-c2ccc(N(c3ccc(-c4ccc5ccccc5c4)cc3)c3cccc4sc5ccc6oc7c8ccccc8ccc7c6c5c34)cc21. The quantitative estimate of drug-likeness (QED) is 0.179. The number of thiophene rings is 1. The fraction of sp³-hybridized carbons (Fsp3) is 0.0566. The molecule has 56 heavy (non-hydrogen) atoms. The van der Waals surface area contributed by atoms with Gasteiger partial charge in [-0.15, -0.1) is 11.3 Å². The third-order valence-electron chi connectivity index (χ3n) is 12.2. The smallest absolute Gasteiger partial charge is 0.143 e. The molecule has 0 aliphatic heterocycles. The molecular weight excluding hydrogens is 699 g/mol. The van der Waals surface area contributed by atoms with Gasteiger partial charge in [-0.2, -0.15) is 0 Å². The number of benzene rings is 9. The lowest BCUT2D eigenvalue weighted by Gasteiger charge is -2.29. The van der Waals surface area contributed by atoms with E-state index in [-0.39, 0.29) is 5.41 Å². The van der Waals surface area contributed by atoms with E-state index in [4.69, 9.17) is 4.42 Å². The minimum atomic E-state index is -0.126. The number of hydrogen-bond donors (Lipinski definition) is 0. The van der Waals surface area contributed by atoms with E-state index in [1.165, 1.54) is 75.1 Å². The van der Waals surface area contributed by atoms with Crippen LogP contribution in [0.25, 0.3) is 85.9 Å². The molecule has 11 aromatic rings. The van der Waals surface area contributed by atoms with Crippen LogP contribution in [0.5, 0.6) is 0 Å². The van der Waals surface area contributed by atoms with Crippen LogP contribution in [0, 0.1) is 0 Å². The summed E-state index contributed by atoms with van der Waals surface area (Å²) in [7, 11) is 0. The van der Waals surface area contributed by atoms with E-state index in [1.54, 1.807) is 0 Å². The molecule has 0 spiro atoms. The first-order valence-corrected chi connectivity index (χ1v) is 20.1. The van der Waals surface area contributed by atoms with Gasteiger partial charge in [-0.3, -0.25) is 0 Å². The van der Waals surface area contributed by atoms with Crippen molar-refractivity contribution >= 4 is 92.1 Å². The molecule has 0 fully saturated rings. The highest BCUT2D eigenvalue weighted by atomic mass is 32.1. The van der Waals surface area contributed by atoms with Crippen LogP contribution < -0.4 is 4.90 Å². The molecule has 0 bridgehead atoms. The van der Waals surface area contributed by atoms with Gasteiger partial charge in [0, 0.05) is 53.1 Å². The molecule has 0 unspecified atom stereocenters. The zero-order valence-electron chi connectivity index (χ0n) is 31.0. The third-order valence-corrected chi connectivity index (χ3v) is 13.4. The van der Waals surface area contributed by atoms with E-state index in [2.05, 4.69) is 195 Å². The summed E-state index contributed by atoms with van der Waals surface area (Å²) in [6, 6.07) is 64.7. The average Bonchev–Trinajstić information content (AvgIpc) is 3.89. The van der Waals surface area contributed by atoms with E-state index in [9.17, 15) is 0 Å². The molecule has 0 amide bonds. The predicted octanol–water partition coefficient (Wildman–Crippen LogP) is 15.7. The topological polar surface area (TPSA) is 16.4 Å². The molecule has 0 saturated carbocycles. The Morgan fingerprint density at radius 2 is 1.18 bits per heavy atom. The number of rotatable bonds is 4. The standard InChI is InChI=1S/C53H35NOS/c1-53(2)43-15-8-7-14-40(43)41-27-25-38(31-44(41)53)54(37-23-20-33(21-24-37)36-19-18-32-10-3-4-12-35(32)30-36)45-16-9-17-47-50(45)51-48(56-47)29-28-46-49(51)42-26-22-34-11-5-6-13-39(34)52(42)55-46/h3-31H,1-2H3. The summed E-state index contributed by atoms with van der Waals surface area (Å²) in [6.07, 6.45) is 0. The van der Waals surface area contributed by atoms with E-state index in [0.717, 1.165) is 39.0 Å². The fourth-order valence-corrected chi connectivity index (χ4v) is 10.6. The van der Waals surface area contributed by atoms with Gasteiger partial charge in [-0.1, -0.05) is 129 Å². The summed E-state index contributed by atoms with van der Waals surface area (Å²) in [6.45, 7) is 4.73. The Balaban J connectivity index is 1.11. The van der Waals surface area contributed by atoms with Crippen molar-refractivity contribution in [3.05, 3.63) is 187 Å². The maximum Gasteiger partial charge on any atom is 0.143 e. The van der Waals surface area contributed by atoms with Gasteiger partial charge in [0.15, 0.2) is 0 Å². The molecule has 12 rings (SSSR count). The van der Waals surface area contributed by atoms with Crippen LogP contribution in [0.2, 0.25) is 0 Å². The Labute approximate surface area is 328 Å². The first kappa shape index (κ1) is 31.6. The highest BCUT2D eigenvalue weighted by molar-refractivity contribution is 7.26. The summed E-state index contributed by atoms with van der Waals surface area (Å²) in [5.74, 6) is 0. The second kappa shape index (κ2) is 11.7. The van der Waals surface area contributed by atoms with Crippen molar-refractivity contribution in [1.29, 1.82) is 0 Å². The fourth-order valence-electron chi connectivity index (χ4n) is 9.50. The molecule has 264 valence electrons. The highest BCUT2D eigenvalue weighted by Crippen LogP contribution is 2.53. The molecule has 0 saturated heterocycles. The van der Waals surface area contributed by atoms with Gasteiger partial charge in [-0.25, -0.2) is 0 Å². The van der Waals surface area contributed by atoms with Gasteiger partial charge in [0.1, 0.15) is 11.2 Å². The van der Waals surface area contributed by atoms with Gasteiger partial charge in [0.25, 0.3) is 0 Å². The summed E-state index contributed by atoms with van der Waals surface area (Å²) < 4.78 is 9.25. The molecule has 2 heterocycles. The maximum absolute atomic E-state index is 6.74. The van der Waals surface area contributed by atoms with Crippen LogP contribution in [0.1, 0.15) is 25.0 Å². The Morgan fingerprint density at radius 1 is 0.464 bits per heavy atom. The van der Waals surface area contributed by atoms with Crippen molar-refractivity contribution in [2.45, 2.75) is 19.3 Å². The summed E-state index contributed by atoms with van der Waals surface area (Å²) in [5, 5.41) is 9.66. The zero-order chi connectivity index (χ0) is 37.1. The van der Waals surface area contributed by atoms with Gasteiger partial charge < -0.3 is 9.32 Å². The monoisotopic (exact) mass is 733 g/mol. The van der Waals surface area contributed by atoms with Crippen LogP contribution in [-0.2, 0) is 5.41 Å². The normalized spacial score (nSPS) is 13.3. The first-order valence-electron chi connectivity index (χ1n) is 19.3. The number of nitrogens with zero attached hydrogens (tertiary/aromatic N) is 1. The van der Waals surface area contributed by atoms with Crippen LogP contribution in [0.3, 0.4) is 0 Å². The van der Waals surface area contributed by atoms with Gasteiger partial charge in [-0.05, 0) is 110 Å². The molecule has 3 heteroatoms. The molecule has 0 atom stereocenters. The number of anilines is 3. The minimum Gasteiger partial charge on any atom is -0.455 e. The van der Waals surface area contributed by atoms with E-state index in [0.29, 0.717) is 0 Å². The molecule has 1 aliphatic carbocycles. The van der Waals surface area contributed by atoms with Crippen molar-refractivity contribution in [3.8, 4) is 22.3 Å². The second-order valence-electron chi connectivity index (χ2n) is 15.7. The predicted molar refractivity (Wildman–Crippen MR) is 239 cm³/mol. The average molecular weight is 734 g/mol. The minimum absolute atomic E-state index is 0.126. The van der Waals surface area contributed by atoms with Crippen molar-refractivity contribution < 1.29 is 4.42 Å². The highest BCUT2D eigenvalue weighted by Gasteiger charge is 2.36. The largest absolute Gasteiger partial charge is 0.455 e. The van der Waals surface area contributed by atoms with Gasteiger partial charge >= 0.3 is 0 Å². The van der Waals surface area contributed by atoms with Gasteiger partial charge in [0.2, 0.25) is 0 Å². The van der Waals surface area contributed by atoms with E-state index in [1.807, 2.05) is 11.3 Å². The molecule has 2 nitrogen and oxygen atoms in total. The molecular formula is C53H35NOS. The summed E-state index contributed by atoms with van der Waals surface area (Å²) >= 11 is 1.86. The van der Waals surface area contributed by atoms with Crippen LogP contribution >= 0.6 is 11.3 Å². The summed E-state index contributed by atoms with van der Waals surface area (Å²) in [5.41, 5.74) is 13.0. The number of furan rings is 1. The number of fused-ring (bicyclic) bond motifs is 13. The van der Waals surface area contributed by atoms with Crippen molar-refractivity contribution in [2.75, 3.05) is 4.90 Å². The third kappa shape index (κ3) is 4.49. The molecule has 0 N–H and O–H groups in total. The van der Waals surface area contributed by atoms with Crippen molar-refractivity contribution in [1.82, 2.24) is 0 Å². The Hall–Kier alpha value is -6.68. The first-order chi connectivity index (χ1) is 27.5. The zero-order valence-corrected chi connectivity index (χ0v) is 31.8. The Morgan fingerprint density at radius 3 is 2.07 bits per heavy atom. The number of hydrogen-bond acceptors (Lipinski definition) is 3. The summed E-state index contributed by atoms with van der Waals surface area (Å²) in [4.78, 5) is 2.48. The maximum atomic E-state index is 6.74. The lowest BCUT2D eigenvalue weighted by atomic mass is 9.82. The Kier molecular flexibility index (Phi) is 6.59. The molecule has 0 radical (unpaired) electrons. The van der Waals surface area contributed by atoms with Crippen molar-refractivity contribution in [2.24, 2.45) is 0 Å². The lowest BCUT2D eigenvalue weighted by molar-refractivity contribution is 0.660. The lowest BCUT2D eigenvalue weighted by Crippen LogP contribution is -2.16. The molecule has 2 aromatic heterocycles. The van der Waals surface area contributed by atoms with Crippen LogP contribution in [0.4, 0.5) is 17.1 Å². The Bertz CT molecular complexity index is 3400. The second-order valence-corrected chi connectivity index (χ2v) is 16.8. The van der Waals surface area contributed by atoms with E-state index < -0.39 is 0 Å². The van der Waals surface area contributed by atoms with Crippen molar-refractivity contribution in [3.63, 3.8) is 0 Å². The van der Waals surface area contributed by atoms with E-state index >= 15 is 0 Å². The molecule has 9 aromatic carbocycles.